The van der Waals surface area contributed by atoms with Crippen LogP contribution in [0.4, 0.5) is 0 Å². The molecule has 0 aliphatic heterocycles. The molecule has 2 atom stereocenters. The minimum absolute atomic E-state index is 0.0787. The number of nitrogens with two attached hydrogens (primary N) is 1. The first kappa shape index (κ1) is 14.6. The molecule has 1 aromatic carbocycles. The highest BCUT2D eigenvalue weighted by molar-refractivity contribution is 6.31. The van der Waals surface area contributed by atoms with Gasteiger partial charge >= 0.3 is 0 Å². The summed E-state index contributed by atoms with van der Waals surface area (Å²) >= 11 is 6.40. The van der Waals surface area contributed by atoms with Gasteiger partial charge in [-0.15, -0.1) is 0 Å². The lowest BCUT2D eigenvalue weighted by Gasteiger charge is -2.23. The fourth-order valence-electron chi connectivity index (χ4n) is 3.45. The first-order valence-corrected chi connectivity index (χ1v) is 7.97. The summed E-state index contributed by atoms with van der Waals surface area (Å²) in [5.74, 6) is 0.418. The Kier molecular flexibility index (Phi) is 4.05. The van der Waals surface area contributed by atoms with Crippen LogP contribution in [0.5, 0.6) is 0 Å². The van der Waals surface area contributed by atoms with E-state index in [9.17, 15) is 0 Å². The largest absolute Gasteiger partial charge is 0.324 e. The lowest BCUT2D eigenvalue weighted by molar-refractivity contribution is 0.393. The summed E-state index contributed by atoms with van der Waals surface area (Å²) in [7, 11) is 1.96. The van der Waals surface area contributed by atoms with Crippen molar-refractivity contribution < 1.29 is 0 Å². The minimum Gasteiger partial charge on any atom is -0.324 e. The van der Waals surface area contributed by atoms with Crippen molar-refractivity contribution in [2.45, 2.75) is 38.6 Å². The zero-order chi connectivity index (χ0) is 15.0. The van der Waals surface area contributed by atoms with E-state index >= 15 is 0 Å². The molecule has 1 aromatic heterocycles. The first-order valence-electron chi connectivity index (χ1n) is 7.59. The number of halogens is 1. The van der Waals surface area contributed by atoms with Gasteiger partial charge in [-0.05, 0) is 49.7 Å². The summed E-state index contributed by atoms with van der Waals surface area (Å²) in [4.78, 5) is 0. The Morgan fingerprint density at radius 2 is 2.14 bits per heavy atom. The topological polar surface area (TPSA) is 43.8 Å². The maximum atomic E-state index is 6.57. The van der Waals surface area contributed by atoms with E-state index in [1.165, 1.54) is 17.5 Å². The monoisotopic (exact) mass is 303 g/mol. The van der Waals surface area contributed by atoms with Gasteiger partial charge in [-0.1, -0.05) is 35.9 Å². The molecule has 0 spiro atoms. The van der Waals surface area contributed by atoms with E-state index in [1.54, 1.807) is 0 Å². The molecule has 0 fully saturated rings. The number of rotatable bonds is 2. The van der Waals surface area contributed by atoms with Gasteiger partial charge in [0, 0.05) is 13.1 Å². The molecular formula is C17H22ClN3. The number of aryl methyl sites for hydroxylation is 3. The van der Waals surface area contributed by atoms with Gasteiger partial charge < -0.3 is 5.73 Å². The first-order chi connectivity index (χ1) is 10.1. The van der Waals surface area contributed by atoms with Crippen LogP contribution in [0.3, 0.4) is 0 Å². The number of fused-ring (bicyclic) bond motifs is 1. The zero-order valence-electron chi connectivity index (χ0n) is 12.6. The molecule has 21 heavy (non-hydrogen) atoms. The molecule has 1 aliphatic rings. The van der Waals surface area contributed by atoms with E-state index in [2.05, 4.69) is 29.4 Å². The van der Waals surface area contributed by atoms with Crippen molar-refractivity contribution in [1.29, 1.82) is 0 Å². The summed E-state index contributed by atoms with van der Waals surface area (Å²) in [6.45, 7) is 1.95. The average Bonchev–Trinajstić information content (AvgIpc) is 2.63. The Morgan fingerprint density at radius 3 is 2.86 bits per heavy atom. The van der Waals surface area contributed by atoms with Gasteiger partial charge in [-0.25, -0.2) is 0 Å². The van der Waals surface area contributed by atoms with E-state index in [1.807, 2.05) is 18.7 Å². The van der Waals surface area contributed by atoms with Crippen LogP contribution in [-0.4, -0.2) is 9.78 Å². The third-order valence-electron chi connectivity index (χ3n) is 4.66. The Bertz CT molecular complexity index is 647. The van der Waals surface area contributed by atoms with E-state index in [0.717, 1.165) is 35.7 Å². The van der Waals surface area contributed by atoms with Crippen LogP contribution in [-0.2, 0) is 19.9 Å². The second kappa shape index (κ2) is 5.82. The molecule has 3 rings (SSSR count). The Hall–Kier alpha value is -1.32. The summed E-state index contributed by atoms with van der Waals surface area (Å²) in [6, 6.07) is 8.65. The number of aromatic nitrogens is 2. The maximum Gasteiger partial charge on any atom is 0.0847 e. The molecule has 0 bridgehead atoms. The smallest absolute Gasteiger partial charge is 0.0847 e. The molecule has 2 N–H and O–H groups in total. The predicted octanol–water partition coefficient (Wildman–Crippen LogP) is 3.58. The van der Waals surface area contributed by atoms with Gasteiger partial charge in [0.1, 0.15) is 0 Å². The van der Waals surface area contributed by atoms with Crippen molar-refractivity contribution >= 4 is 11.6 Å². The zero-order valence-corrected chi connectivity index (χ0v) is 13.4. The fraction of sp³-hybridized carbons (Fsp3) is 0.471. The summed E-state index contributed by atoms with van der Waals surface area (Å²) in [5, 5.41) is 5.21. The highest BCUT2D eigenvalue weighted by Crippen LogP contribution is 2.35. The quantitative estimate of drug-likeness (QED) is 0.862. The van der Waals surface area contributed by atoms with Gasteiger partial charge in [0.05, 0.1) is 16.4 Å². The molecule has 1 aliphatic carbocycles. The molecule has 0 radical (unpaired) electrons. The van der Waals surface area contributed by atoms with Crippen molar-refractivity contribution in [3.63, 3.8) is 0 Å². The van der Waals surface area contributed by atoms with Gasteiger partial charge in [0.25, 0.3) is 0 Å². The molecule has 0 saturated heterocycles. The predicted molar refractivity (Wildman–Crippen MR) is 86.5 cm³/mol. The van der Waals surface area contributed by atoms with E-state index < -0.39 is 0 Å². The van der Waals surface area contributed by atoms with Crippen LogP contribution >= 0.6 is 11.6 Å². The van der Waals surface area contributed by atoms with Crippen molar-refractivity contribution in [3.05, 3.63) is 51.8 Å². The number of hydrogen-bond acceptors (Lipinski definition) is 2. The van der Waals surface area contributed by atoms with Crippen molar-refractivity contribution in [3.8, 4) is 0 Å². The van der Waals surface area contributed by atoms with E-state index in [4.69, 9.17) is 17.3 Å². The minimum atomic E-state index is 0.0787. The molecule has 1 heterocycles. The number of hydrogen-bond donors (Lipinski definition) is 1. The van der Waals surface area contributed by atoms with Crippen molar-refractivity contribution in [1.82, 2.24) is 9.78 Å². The fourth-order valence-corrected chi connectivity index (χ4v) is 3.69. The lowest BCUT2D eigenvalue weighted by atomic mass is 9.88. The van der Waals surface area contributed by atoms with Gasteiger partial charge in [-0.2, -0.15) is 5.10 Å². The normalized spacial score (nSPS) is 21.9. The van der Waals surface area contributed by atoms with Crippen LogP contribution in [0, 0.1) is 12.8 Å². The summed E-state index contributed by atoms with van der Waals surface area (Å²) < 4.78 is 1.90. The molecule has 4 heteroatoms. The van der Waals surface area contributed by atoms with E-state index in [-0.39, 0.29) is 6.04 Å². The molecule has 112 valence electrons. The second-order valence-electron chi connectivity index (χ2n) is 6.05. The molecule has 0 amide bonds. The molecule has 3 nitrogen and oxygen atoms in total. The average molecular weight is 304 g/mol. The van der Waals surface area contributed by atoms with Crippen LogP contribution in [0.15, 0.2) is 24.3 Å². The number of nitrogens with zero attached hydrogens (tertiary/aromatic N) is 2. The molecule has 2 aromatic rings. The highest BCUT2D eigenvalue weighted by Gasteiger charge is 2.27. The lowest BCUT2D eigenvalue weighted by Crippen LogP contribution is -2.23. The van der Waals surface area contributed by atoms with Crippen LogP contribution < -0.4 is 5.73 Å². The van der Waals surface area contributed by atoms with Crippen molar-refractivity contribution in [2.24, 2.45) is 18.7 Å². The third kappa shape index (κ3) is 2.72. The van der Waals surface area contributed by atoms with Crippen LogP contribution in [0.25, 0.3) is 0 Å². The van der Waals surface area contributed by atoms with Gasteiger partial charge in [0.15, 0.2) is 0 Å². The molecule has 2 unspecified atom stereocenters. The maximum absolute atomic E-state index is 6.57. The number of benzene rings is 1. The summed E-state index contributed by atoms with van der Waals surface area (Å²) in [6.07, 6.45) is 4.34. The Morgan fingerprint density at radius 1 is 1.38 bits per heavy atom. The SMILES string of the molecule is Cc1nn(C)c(CC2CCCc3ccccc3C2N)c1Cl. The second-order valence-corrected chi connectivity index (χ2v) is 6.43. The van der Waals surface area contributed by atoms with Gasteiger partial charge in [0.2, 0.25) is 0 Å². The van der Waals surface area contributed by atoms with Crippen molar-refractivity contribution in [2.75, 3.05) is 0 Å². The highest BCUT2D eigenvalue weighted by atomic mass is 35.5. The Labute approximate surface area is 131 Å². The van der Waals surface area contributed by atoms with Crippen LogP contribution in [0.2, 0.25) is 5.02 Å². The van der Waals surface area contributed by atoms with Crippen LogP contribution in [0.1, 0.15) is 41.4 Å². The van der Waals surface area contributed by atoms with E-state index in [0.29, 0.717) is 5.92 Å². The third-order valence-corrected chi connectivity index (χ3v) is 5.15. The molecular weight excluding hydrogens is 282 g/mol. The summed E-state index contributed by atoms with van der Waals surface area (Å²) in [5.41, 5.74) is 11.3. The van der Waals surface area contributed by atoms with Gasteiger partial charge in [-0.3, -0.25) is 4.68 Å². The molecule has 0 saturated carbocycles. The standard InChI is InChI=1S/C17H22ClN3/c1-11-16(18)15(21(2)20-11)10-13-8-5-7-12-6-3-4-9-14(12)17(13)19/h3-4,6,9,13,17H,5,7-8,10,19H2,1-2H3. The Balaban J connectivity index is 1.89.